The Bertz CT molecular complexity index is 588. The van der Waals surface area contributed by atoms with Crippen molar-refractivity contribution < 1.29 is 9.13 Å². The zero-order chi connectivity index (χ0) is 14.5. The topological polar surface area (TPSA) is 21.3 Å². The fourth-order valence-corrected chi connectivity index (χ4v) is 2.18. The van der Waals surface area contributed by atoms with Crippen LogP contribution in [0.25, 0.3) is 0 Å². The monoisotopic (exact) mass is 293 g/mol. The van der Waals surface area contributed by atoms with Gasteiger partial charge in [-0.3, -0.25) is 0 Å². The van der Waals surface area contributed by atoms with Crippen molar-refractivity contribution in [1.29, 1.82) is 0 Å². The lowest BCUT2D eigenvalue weighted by Crippen LogP contribution is -2.17. The second-order valence-corrected chi connectivity index (χ2v) is 4.94. The fraction of sp³-hybridized carbons (Fsp3) is 0.250. The third-order valence-corrected chi connectivity index (χ3v) is 3.29. The zero-order valence-corrected chi connectivity index (χ0v) is 12.2. The van der Waals surface area contributed by atoms with E-state index in [1.54, 1.807) is 18.2 Å². The van der Waals surface area contributed by atoms with Gasteiger partial charge in [0, 0.05) is 12.1 Å². The van der Waals surface area contributed by atoms with Crippen molar-refractivity contribution >= 4 is 11.6 Å². The van der Waals surface area contributed by atoms with Crippen LogP contribution in [-0.4, -0.2) is 6.54 Å². The number of benzene rings is 2. The highest BCUT2D eigenvalue weighted by atomic mass is 35.5. The van der Waals surface area contributed by atoms with Crippen LogP contribution in [0, 0.1) is 5.82 Å². The quantitative estimate of drug-likeness (QED) is 0.843. The standard InChI is InChI=1S/C16H17ClFNO/c1-3-19-11(2)12-7-8-16(15(17)9-12)20-14-6-4-5-13(18)10-14/h4-11,19H,3H2,1-2H3. The first-order valence-corrected chi connectivity index (χ1v) is 6.94. The number of hydrogen-bond acceptors (Lipinski definition) is 2. The van der Waals surface area contributed by atoms with Crippen molar-refractivity contribution in [2.45, 2.75) is 19.9 Å². The second kappa shape index (κ2) is 6.73. The highest BCUT2D eigenvalue weighted by Gasteiger charge is 2.09. The lowest BCUT2D eigenvalue weighted by molar-refractivity contribution is 0.476. The number of ether oxygens (including phenoxy) is 1. The molecule has 106 valence electrons. The summed E-state index contributed by atoms with van der Waals surface area (Å²) in [4.78, 5) is 0. The lowest BCUT2D eigenvalue weighted by atomic mass is 10.1. The first-order chi connectivity index (χ1) is 9.60. The number of nitrogens with one attached hydrogen (secondary N) is 1. The molecule has 2 aromatic rings. The van der Waals surface area contributed by atoms with Gasteiger partial charge in [-0.2, -0.15) is 0 Å². The molecule has 0 aliphatic carbocycles. The molecule has 0 saturated carbocycles. The van der Waals surface area contributed by atoms with Crippen molar-refractivity contribution in [1.82, 2.24) is 5.32 Å². The summed E-state index contributed by atoms with van der Waals surface area (Å²) in [5.41, 5.74) is 1.09. The highest BCUT2D eigenvalue weighted by Crippen LogP contribution is 2.31. The molecule has 0 aliphatic heterocycles. The van der Waals surface area contributed by atoms with Crippen LogP contribution in [0.1, 0.15) is 25.5 Å². The summed E-state index contributed by atoms with van der Waals surface area (Å²) < 4.78 is 18.7. The highest BCUT2D eigenvalue weighted by molar-refractivity contribution is 6.32. The van der Waals surface area contributed by atoms with Crippen molar-refractivity contribution in [3.8, 4) is 11.5 Å². The Hall–Kier alpha value is -1.58. The van der Waals surface area contributed by atoms with Crippen LogP contribution >= 0.6 is 11.6 Å². The van der Waals surface area contributed by atoms with Gasteiger partial charge in [0.15, 0.2) is 0 Å². The summed E-state index contributed by atoms with van der Waals surface area (Å²) >= 11 is 6.22. The molecule has 20 heavy (non-hydrogen) atoms. The van der Waals surface area contributed by atoms with Crippen LogP contribution in [0.15, 0.2) is 42.5 Å². The third kappa shape index (κ3) is 3.71. The van der Waals surface area contributed by atoms with Crippen molar-refractivity contribution in [2.75, 3.05) is 6.54 Å². The van der Waals surface area contributed by atoms with E-state index in [4.69, 9.17) is 16.3 Å². The first-order valence-electron chi connectivity index (χ1n) is 6.56. The Morgan fingerprint density at radius 2 is 2.05 bits per heavy atom. The van der Waals surface area contributed by atoms with Crippen LogP contribution in [0.3, 0.4) is 0 Å². The molecular weight excluding hydrogens is 277 g/mol. The average Bonchev–Trinajstić information content (AvgIpc) is 2.41. The molecule has 0 radical (unpaired) electrons. The molecule has 1 N–H and O–H groups in total. The molecule has 2 nitrogen and oxygen atoms in total. The van der Waals surface area contributed by atoms with E-state index in [2.05, 4.69) is 19.2 Å². The molecule has 0 bridgehead atoms. The largest absolute Gasteiger partial charge is 0.456 e. The van der Waals surface area contributed by atoms with Crippen LogP contribution in [0.2, 0.25) is 5.02 Å². The number of rotatable bonds is 5. The minimum absolute atomic E-state index is 0.223. The molecule has 0 spiro atoms. The third-order valence-electron chi connectivity index (χ3n) is 2.99. The van der Waals surface area contributed by atoms with E-state index in [1.807, 2.05) is 12.1 Å². The molecule has 0 amide bonds. The first kappa shape index (κ1) is 14.8. The van der Waals surface area contributed by atoms with Gasteiger partial charge in [-0.15, -0.1) is 0 Å². The second-order valence-electron chi connectivity index (χ2n) is 4.53. The smallest absolute Gasteiger partial charge is 0.146 e. The van der Waals surface area contributed by atoms with E-state index in [1.165, 1.54) is 12.1 Å². The average molecular weight is 294 g/mol. The van der Waals surface area contributed by atoms with Crippen LogP contribution in [0.4, 0.5) is 4.39 Å². The van der Waals surface area contributed by atoms with Crippen LogP contribution in [-0.2, 0) is 0 Å². The van der Waals surface area contributed by atoms with E-state index in [0.29, 0.717) is 16.5 Å². The van der Waals surface area contributed by atoms with Gasteiger partial charge in [0.1, 0.15) is 17.3 Å². The zero-order valence-electron chi connectivity index (χ0n) is 11.5. The summed E-state index contributed by atoms with van der Waals surface area (Å²) in [5, 5.41) is 3.83. The Kier molecular flexibility index (Phi) is 4.99. The van der Waals surface area contributed by atoms with Gasteiger partial charge in [-0.05, 0) is 43.3 Å². The molecule has 4 heteroatoms. The summed E-state index contributed by atoms with van der Waals surface area (Å²) in [6, 6.07) is 11.8. The lowest BCUT2D eigenvalue weighted by Gasteiger charge is -2.14. The number of halogens is 2. The SMILES string of the molecule is CCNC(C)c1ccc(Oc2cccc(F)c2)c(Cl)c1. The normalized spacial score (nSPS) is 12.2. The van der Waals surface area contributed by atoms with Crippen molar-refractivity contribution in [2.24, 2.45) is 0 Å². The predicted molar refractivity (Wildman–Crippen MR) is 80.0 cm³/mol. The van der Waals surface area contributed by atoms with Gasteiger partial charge >= 0.3 is 0 Å². The Morgan fingerprint density at radius 3 is 2.70 bits per heavy atom. The van der Waals surface area contributed by atoms with E-state index in [9.17, 15) is 4.39 Å². The maximum absolute atomic E-state index is 13.1. The molecule has 0 heterocycles. The van der Waals surface area contributed by atoms with E-state index < -0.39 is 0 Å². The molecule has 1 unspecified atom stereocenters. The Labute approximate surface area is 123 Å². The maximum Gasteiger partial charge on any atom is 0.146 e. The van der Waals surface area contributed by atoms with Crippen LogP contribution in [0.5, 0.6) is 11.5 Å². The predicted octanol–water partition coefficient (Wildman–Crippen LogP) is 4.94. The van der Waals surface area contributed by atoms with E-state index in [0.717, 1.165) is 12.1 Å². The van der Waals surface area contributed by atoms with Gasteiger partial charge in [-0.25, -0.2) is 4.39 Å². The molecule has 0 aromatic heterocycles. The minimum Gasteiger partial charge on any atom is -0.456 e. The van der Waals surface area contributed by atoms with E-state index >= 15 is 0 Å². The molecule has 0 saturated heterocycles. The molecule has 0 fully saturated rings. The molecule has 1 atom stereocenters. The summed E-state index contributed by atoms with van der Waals surface area (Å²) in [6.07, 6.45) is 0. The maximum atomic E-state index is 13.1. The van der Waals surface area contributed by atoms with E-state index in [-0.39, 0.29) is 11.9 Å². The van der Waals surface area contributed by atoms with Crippen LogP contribution < -0.4 is 10.1 Å². The molecule has 0 aliphatic rings. The van der Waals surface area contributed by atoms with Gasteiger partial charge in [-0.1, -0.05) is 30.7 Å². The van der Waals surface area contributed by atoms with Gasteiger partial charge in [0.25, 0.3) is 0 Å². The molecular formula is C16H17ClFNO. The summed E-state index contributed by atoms with van der Waals surface area (Å²) in [6.45, 7) is 5.02. The molecule has 2 aromatic carbocycles. The number of hydrogen-bond donors (Lipinski definition) is 1. The van der Waals surface area contributed by atoms with Gasteiger partial charge in [0.2, 0.25) is 0 Å². The summed E-state index contributed by atoms with van der Waals surface area (Å²) in [5.74, 6) is 0.611. The van der Waals surface area contributed by atoms with Crippen molar-refractivity contribution in [3.05, 3.63) is 58.9 Å². The Morgan fingerprint density at radius 1 is 1.25 bits per heavy atom. The fourth-order valence-electron chi connectivity index (χ4n) is 1.95. The van der Waals surface area contributed by atoms with Crippen molar-refractivity contribution in [3.63, 3.8) is 0 Å². The van der Waals surface area contributed by atoms with Gasteiger partial charge in [0.05, 0.1) is 5.02 Å². The molecule has 2 rings (SSSR count). The summed E-state index contributed by atoms with van der Waals surface area (Å²) in [7, 11) is 0. The Balaban J connectivity index is 2.17. The minimum atomic E-state index is -0.337. The van der Waals surface area contributed by atoms with Gasteiger partial charge < -0.3 is 10.1 Å².